The van der Waals surface area contributed by atoms with Crippen LogP contribution in [0.4, 0.5) is 17.1 Å². The van der Waals surface area contributed by atoms with Crippen molar-refractivity contribution in [3.05, 3.63) is 282 Å². The van der Waals surface area contributed by atoms with E-state index >= 15 is 0 Å². The highest BCUT2D eigenvalue weighted by Crippen LogP contribution is 2.65. The van der Waals surface area contributed by atoms with Gasteiger partial charge in [0.05, 0.1) is 5.41 Å². The number of nitrogens with zero attached hydrogens (tertiary/aromatic N) is 1. The van der Waals surface area contributed by atoms with Crippen molar-refractivity contribution in [2.45, 2.75) is 24.7 Å². The Balaban J connectivity index is 0.903. The van der Waals surface area contributed by atoms with E-state index in [0.29, 0.717) is 0 Å². The molecule has 11 aromatic carbocycles. The van der Waals surface area contributed by atoms with Crippen LogP contribution in [0.15, 0.2) is 249 Å². The van der Waals surface area contributed by atoms with E-state index in [4.69, 9.17) is 0 Å². The Morgan fingerprint density at radius 2 is 0.739 bits per heavy atom. The van der Waals surface area contributed by atoms with Crippen LogP contribution in [0, 0.1) is 0 Å². The van der Waals surface area contributed by atoms with Gasteiger partial charge in [-0.05, 0) is 153 Å². The standard InChI is InChI=1S/C68H47N/c1-67(2)63-42-49(53-24-15-27-62-65(53)59-40-32-48-20-9-10-21-54(48)66(59)68(62)60-25-13-11-22-55(60)56-23-12-14-26-61(56)68)33-39-57(63)58-41-38-52(43-64(58)67)69(50-34-28-46(29-35-50)44-16-5-3-6-17-44)51-36-30-47(31-37-51)45-18-7-4-8-19-45/h3-43H,1-2H3. The SMILES string of the molecule is CC1(C)c2cc(-c3cccc4c3-c3ccc5ccccc5c3C43c4ccccc4-c4ccccc43)ccc2-c2ccc(N(c3ccc(-c4ccccc4)cc3)c3ccc(-c4ccccc4)cc3)cc21. The van der Waals surface area contributed by atoms with Crippen LogP contribution in [0.5, 0.6) is 0 Å². The summed E-state index contributed by atoms with van der Waals surface area (Å²) in [6.07, 6.45) is 0. The Kier molecular flexibility index (Phi) is 8.61. The predicted molar refractivity (Wildman–Crippen MR) is 289 cm³/mol. The minimum absolute atomic E-state index is 0.257. The summed E-state index contributed by atoms with van der Waals surface area (Å²) in [7, 11) is 0. The van der Waals surface area contributed by atoms with Gasteiger partial charge in [0.15, 0.2) is 0 Å². The molecule has 0 heterocycles. The quantitative estimate of drug-likeness (QED) is 0.161. The molecule has 0 saturated carbocycles. The monoisotopic (exact) mass is 877 g/mol. The zero-order valence-electron chi connectivity index (χ0n) is 38.6. The summed E-state index contributed by atoms with van der Waals surface area (Å²) in [4.78, 5) is 2.41. The molecular formula is C68H47N. The maximum Gasteiger partial charge on any atom is 0.0731 e. The van der Waals surface area contributed by atoms with Crippen molar-refractivity contribution < 1.29 is 0 Å². The zero-order valence-corrected chi connectivity index (χ0v) is 38.6. The normalized spacial score (nSPS) is 13.9. The summed E-state index contributed by atoms with van der Waals surface area (Å²) in [6.45, 7) is 4.83. The van der Waals surface area contributed by atoms with Gasteiger partial charge in [-0.3, -0.25) is 0 Å². The van der Waals surface area contributed by atoms with Crippen molar-refractivity contribution in [1.82, 2.24) is 0 Å². The van der Waals surface area contributed by atoms with Crippen molar-refractivity contribution in [1.29, 1.82) is 0 Å². The fraction of sp³-hybridized carbons (Fsp3) is 0.0588. The van der Waals surface area contributed by atoms with Crippen LogP contribution >= 0.6 is 0 Å². The first-order chi connectivity index (χ1) is 34.0. The molecule has 69 heavy (non-hydrogen) atoms. The van der Waals surface area contributed by atoms with E-state index in [-0.39, 0.29) is 5.41 Å². The predicted octanol–water partition coefficient (Wildman–Crippen LogP) is 18.0. The van der Waals surface area contributed by atoms with E-state index in [0.717, 1.165) is 17.1 Å². The Hall–Kier alpha value is -8.52. The lowest BCUT2D eigenvalue weighted by Gasteiger charge is -2.31. The highest BCUT2D eigenvalue weighted by Gasteiger charge is 2.53. The Bertz CT molecular complexity index is 3710. The summed E-state index contributed by atoms with van der Waals surface area (Å²) in [5.41, 5.74) is 26.2. The van der Waals surface area contributed by atoms with Gasteiger partial charge >= 0.3 is 0 Å². The molecule has 1 spiro atoms. The second-order valence-corrected chi connectivity index (χ2v) is 19.6. The zero-order chi connectivity index (χ0) is 45.8. The van der Waals surface area contributed by atoms with Gasteiger partial charge in [0.1, 0.15) is 0 Å². The smallest absolute Gasteiger partial charge is 0.0731 e. The molecule has 0 saturated heterocycles. The summed E-state index contributed by atoms with van der Waals surface area (Å²) in [6, 6.07) is 92.8. The molecule has 0 bridgehead atoms. The topological polar surface area (TPSA) is 3.24 Å². The van der Waals surface area contributed by atoms with E-state index in [2.05, 4.69) is 267 Å². The fourth-order valence-electron chi connectivity index (χ4n) is 12.6. The molecule has 14 rings (SSSR count). The Labute approximate surface area is 404 Å². The molecule has 11 aromatic rings. The third-order valence-electron chi connectivity index (χ3n) is 15.7. The van der Waals surface area contributed by atoms with Gasteiger partial charge in [-0.15, -0.1) is 0 Å². The van der Waals surface area contributed by atoms with Gasteiger partial charge in [0.25, 0.3) is 0 Å². The second-order valence-electron chi connectivity index (χ2n) is 19.6. The van der Waals surface area contributed by atoms with E-state index in [1.54, 1.807) is 0 Å². The number of hydrogen-bond donors (Lipinski definition) is 0. The number of benzene rings is 11. The maximum atomic E-state index is 2.51. The molecule has 0 amide bonds. The van der Waals surface area contributed by atoms with Crippen LogP contribution in [0.2, 0.25) is 0 Å². The molecule has 0 unspecified atom stereocenters. The molecule has 1 heteroatoms. The van der Waals surface area contributed by atoms with Crippen molar-refractivity contribution in [3.8, 4) is 66.8 Å². The van der Waals surface area contributed by atoms with E-state index in [9.17, 15) is 0 Å². The highest BCUT2D eigenvalue weighted by molar-refractivity contribution is 6.07. The molecular weight excluding hydrogens is 831 g/mol. The maximum absolute atomic E-state index is 2.51. The molecule has 0 radical (unpaired) electrons. The van der Waals surface area contributed by atoms with Crippen molar-refractivity contribution in [3.63, 3.8) is 0 Å². The van der Waals surface area contributed by atoms with Gasteiger partial charge < -0.3 is 4.90 Å². The molecule has 0 aliphatic heterocycles. The number of hydrogen-bond acceptors (Lipinski definition) is 1. The van der Waals surface area contributed by atoms with Gasteiger partial charge in [0.2, 0.25) is 0 Å². The van der Waals surface area contributed by atoms with Gasteiger partial charge in [0, 0.05) is 22.5 Å². The first kappa shape index (κ1) is 39.6. The van der Waals surface area contributed by atoms with Crippen LogP contribution in [-0.4, -0.2) is 0 Å². The third-order valence-corrected chi connectivity index (χ3v) is 15.7. The molecule has 0 N–H and O–H groups in total. The van der Waals surface area contributed by atoms with Crippen LogP contribution in [0.3, 0.4) is 0 Å². The lowest BCUT2D eigenvalue weighted by Crippen LogP contribution is -2.26. The van der Waals surface area contributed by atoms with Crippen molar-refractivity contribution in [2.75, 3.05) is 4.90 Å². The average molecular weight is 878 g/mol. The lowest BCUT2D eigenvalue weighted by atomic mass is 9.69. The molecule has 0 aromatic heterocycles. The average Bonchev–Trinajstić information content (AvgIpc) is 3.98. The molecule has 0 fully saturated rings. The molecule has 324 valence electrons. The Morgan fingerprint density at radius 1 is 0.290 bits per heavy atom. The summed E-state index contributed by atoms with van der Waals surface area (Å²) in [5, 5.41) is 2.59. The lowest BCUT2D eigenvalue weighted by molar-refractivity contribution is 0.660. The number of rotatable bonds is 6. The first-order valence-electron chi connectivity index (χ1n) is 24.2. The van der Waals surface area contributed by atoms with Crippen molar-refractivity contribution in [2.24, 2.45) is 0 Å². The summed E-state index contributed by atoms with van der Waals surface area (Å²) in [5.74, 6) is 0. The first-order valence-corrected chi connectivity index (χ1v) is 24.2. The van der Waals surface area contributed by atoms with Gasteiger partial charge in [-0.2, -0.15) is 0 Å². The number of anilines is 3. The van der Waals surface area contributed by atoms with E-state index < -0.39 is 5.41 Å². The van der Waals surface area contributed by atoms with Crippen LogP contribution in [-0.2, 0) is 10.8 Å². The van der Waals surface area contributed by atoms with Gasteiger partial charge in [-0.1, -0.05) is 220 Å². The Morgan fingerprint density at radius 3 is 1.38 bits per heavy atom. The van der Waals surface area contributed by atoms with Crippen LogP contribution in [0.25, 0.3) is 77.5 Å². The van der Waals surface area contributed by atoms with E-state index in [1.807, 2.05) is 0 Å². The molecule has 3 aliphatic rings. The molecule has 1 nitrogen and oxygen atoms in total. The molecule has 3 aliphatic carbocycles. The number of fused-ring (bicyclic) bond motifs is 15. The largest absolute Gasteiger partial charge is 0.310 e. The third kappa shape index (κ3) is 5.71. The summed E-state index contributed by atoms with van der Waals surface area (Å²) >= 11 is 0. The minimum atomic E-state index is -0.438. The minimum Gasteiger partial charge on any atom is -0.310 e. The summed E-state index contributed by atoms with van der Waals surface area (Å²) < 4.78 is 0. The van der Waals surface area contributed by atoms with Crippen LogP contribution < -0.4 is 4.90 Å². The van der Waals surface area contributed by atoms with Gasteiger partial charge in [-0.25, -0.2) is 0 Å². The fourth-order valence-corrected chi connectivity index (χ4v) is 12.6. The van der Waals surface area contributed by atoms with Crippen LogP contribution in [0.1, 0.15) is 47.2 Å². The highest BCUT2D eigenvalue weighted by atomic mass is 15.1. The van der Waals surface area contributed by atoms with Crippen molar-refractivity contribution >= 4 is 27.8 Å². The second kappa shape index (κ2) is 15.0. The molecule has 0 atom stereocenters. The van der Waals surface area contributed by atoms with E-state index in [1.165, 1.54) is 111 Å².